The van der Waals surface area contributed by atoms with Gasteiger partial charge in [-0.25, -0.2) is 0 Å². The highest BCUT2D eigenvalue weighted by Gasteiger charge is 2.07. The molecule has 0 aliphatic heterocycles. The predicted molar refractivity (Wildman–Crippen MR) is 86.6 cm³/mol. The van der Waals surface area contributed by atoms with E-state index in [1.165, 1.54) is 27.6 Å². The van der Waals surface area contributed by atoms with Crippen LogP contribution in [0, 0.1) is 0 Å². The van der Waals surface area contributed by atoms with Crippen LogP contribution in [0.4, 0.5) is 0 Å². The lowest BCUT2D eigenvalue weighted by molar-refractivity contribution is 0.958. The Labute approximate surface area is 124 Å². The van der Waals surface area contributed by atoms with Crippen LogP contribution >= 0.6 is 11.6 Å². The molecule has 0 fully saturated rings. The Bertz CT molecular complexity index is 738. The summed E-state index contributed by atoms with van der Waals surface area (Å²) in [6.45, 7) is 2.18. The first-order valence-corrected chi connectivity index (χ1v) is 7.36. The van der Waals surface area contributed by atoms with E-state index in [1.54, 1.807) is 0 Å². The third kappa shape index (κ3) is 2.46. The molecule has 0 saturated heterocycles. The van der Waals surface area contributed by atoms with Crippen LogP contribution in [0.1, 0.15) is 23.6 Å². The Kier molecular flexibility index (Phi) is 3.54. The second-order valence-electron chi connectivity index (χ2n) is 5.27. The standard InChI is InChI=1S/C18H18ClN/c1-3-13-4-6-14(7-5-13)10-15-12-20(2)18-11-16(19)8-9-17(15)18/h4-9,11-12H,3,10H2,1-2H3. The van der Waals surface area contributed by atoms with Crippen molar-refractivity contribution in [3.05, 3.63) is 70.4 Å². The van der Waals surface area contributed by atoms with Gasteiger partial charge in [-0.2, -0.15) is 0 Å². The first-order chi connectivity index (χ1) is 9.67. The van der Waals surface area contributed by atoms with E-state index < -0.39 is 0 Å². The summed E-state index contributed by atoms with van der Waals surface area (Å²) in [6, 6.07) is 15.0. The summed E-state index contributed by atoms with van der Waals surface area (Å²) in [4.78, 5) is 0. The Balaban J connectivity index is 1.97. The predicted octanol–water partition coefficient (Wildman–Crippen LogP) is 4.98. The van der Waals surface area contributed by atoms with E-state index in [0.29, 0.717) is 0 Å². The third-order valence-electron chi connectivity index (χ3n) is 3.86. The molecule has 3 rings (SSSR count). The molecular weight excluding hydrogens is 266 g/mol. The number of hydrogen-bond acceptors (Lipinski definition) is 0. The van der Waals surface area contributed by atoms with Gasteiger partial charge in [-0.1, -0.05) is 48.9 Å². The number of hydrogen-bond donors (Lipinski definition) is 0. The smallest absolute Gasteiger partial charge is 0.0495 e. The van der Waals surface area contributed by atoms with Crippen molar-refractivity contribution in [2.75, 3.05) is 0 Å². The van der Waals surface area contributed by atoms with E-state index in [2.05, 4.69) is 55.1 Å². The van der Waals surface area contributed by atoms with Crippen LogP contribution in [0.5, 0.6) is 0 Å². The first-order valence-electron chi connectivity index (χ1n) is 6.98. The molecule has 1 aromatic heterocycles. The summed E-state index contributed by atoms with van der Waals surface area (Å²) in [5.74, 6) is 0. The number of rotatable bonds is 3. The van der Waals surface area contributed by atoms with E-state index in [0.717, 1.165) is 17.9 Å². The number of benzene rings is 2. The van der Waals surface area contributed by atoms with Crippen LogP contribution in [0.15, 0.2) is 48.7 Å². The minimum Gasteiger partial charge on any atom is -0.350 e. The molecule has 1 heterocycles. The van der Waals surface area contributed by atoms with Crippen molar-refractivity contribution in [3.8, 4) is 0 Å². The van der Waals surface area contributed by atoms with Crippen molar-refractivity contribution < 1.29 is 0 Å². The highest BCUT2D eigenvalue weighted by molar-refractivity contribution is 6.31. The van der Waals surface area contributed by atoms with E-state index in [1.807, 2.05) is 12.1 Å². The fourth-order valence-electron chi connectivity index (χ4n) is 2.69. The molecule has 0 saturated carbocycles. The van der Waals surface area contributed by atoms with Crippen LogP contribution < -0.4 is 0 Å². The molecule has 3 aromatic rings. The van der Waals surface area contributed by atoms with E-state index in [-0.39, 0.29) is 0 Å². The van der Waals surface area contributed by atoms with Crippen LogP contribution in [0.2, 0.25) is 5.02 Å². The Morgan fingerprint density at radius 2 is 1.70 bits per heavy atom. The fourth-order valence-corrected chi connectivity index (χ4v) is 2.86. The molecular formula is C18H18ClN. The lowest BCUT2D eigenvalue weighted by atomic mass is 10.0. The minimum atomic E-state index is 0.789. The van der Waals surface area contributed by atoms with Crippen molar-refractivity contribution in [1.82, 2.24) is 4.57 Å². The normalized spacial score (nSPS) is 11.2. The van der Waals surface area contributed by atoms with Crippen molar-refractivity contribution in [2.45, 2.75) is 19.8 Å². The summed E-state index contributed by atoms with van der Waals surface area (Å²) < 4.78 is 2.15. The van der Waals surface area contributed by atoms with Crippen LogP contribution in [-0.4, -0.2) is 4.57 Å². The molecule has 2 heteroatoms. The molecule has 0 aliphatic rings. The molecule has 1 nitrogen and oxygen atoms in total. The zero-order chi connectivity index (χ0) is 14.1. The molecule has 0 atom stereocenters. The summed E-state index contributed by atoms with van der Waals surface area (Å²) >= 11 is 6.08. The molecule has 0 amide bonds. The van der Waals surface area contributed by atoms with Gasteiger partial charge in [0.2, 0.25) is 0 Å². The number of nitrogens with zero attached hydrogens (tertiary/aromatic N) is 1. The number of aromatic nitrogens is 1. The number of halogens is 1. The zero-order valence-corrected chi connectivity index (χ0v) is 12.6. The maximum absolute atomic E-state index is 6.08. The maximum atomic E-state index is 6.08. The monoisotopic (exact) mass is 283 g/mol. The van der Waals surface area contributed by atoms with Gasteiger partial charge < -0.3 is 4.57 Å². The molecule has 0 radical (unpaired) electrons. The molecule has 2 aromatic carbocycles. The van der Waals surface area contributed by atoms with E-state index in [9.17, 15) is 0 Å². The molecule has 0 aliphatic carbocycles. The van der Waals surface area contributed by atoms with Gasteiger partial charge in [-0.3, -0.25) is 0 Å². The Hall–Kier alpha value is -1.73. The van der Waals surface area contributed by atoms with Gasteiger partial charge in [0.1, 0.15) is 0 Å². The average Bonchev–Trinajstić information content (AvgIpc) is 2.76. The topological polar surface area (TPSA) is 4.93 Å². The molecule has 0 N–H and O–H groups in total. The van der Waals surface area contributed by atoms with Crippen molar-refractivity contribution in [3.63, 3.8) is 0 Å². The van der Waals surface area contributed by atoms with Gasteiger partial charge in [0.05, 0.1) is 0 Å². The van der Waals surface area contributed by atoms with E-state index >= 15 is 0 Å². The lowest BCUT2D eigenvalue weighted by Gasteiger charge is -2.02. The van der Waals surface area contributed by atoms with Gasteiger partial charge in [0.15, 0.2) is 0 Å². The van der Waals surface area contributed by atoms with Gasteiger partial charge in [0.25, 0.3) is 0 Å². The fraction of sp³-hybridized carbons (Fsp3) is 0.222. The van der Waals surface area contributed by atoms with Gasteiger partial charge >= 0.3 is 0 Å². The Morgan fingerprint density at radius 3 is 2.40 bits per heavy atom. The van der Waals surface area contributed by atoms with Gasteiger partial charge in [-0.05, 0) is 41.7 Å². The third-order valence-corrected chi connectivity index (χ3v) is 4.10. The van der Waals surface area contributed by atoms with Crippen LogP contribution in [-0.2, 0) is 19.9 Å². The average molecular weight is 284 g/mol. The van der Waals surface area contributed by atoms with Gasteiger partial charge in [0, 0.05) is 29.2 Å². The SMILES string of the molecule is CCc1ccc(Cc2cn(C)c3cc(Cl)ccc23)cc1. The highest BCUT2D eigenvalue weighted by Crippen LogP contribution is 2.26. The molecule has 0 unspecified atom stereocenters. The first kappa shape index (κ1) is 13.3. The Morgan fingerprint density at radius 1 is 1.00 bits per heavy atom. The second kappa shape index (κ2) is 5.34. The molecule has 0 bridgehead atoms. The maximum Gasteiger partial charge on any atom is 0.0495 e. The van der Waals surface area contributed by atoms with Crippen LogP contribution in [0.3, 0.4) is 0 Å². The number of aryl methyl sites for hydroxylation is 2. The summed E-state index contributed by atoms with van der Waals surface area (Å²) in [5, 5.41) is 2.08. The lowest BCUT2D eigenvalue weighted by Crippen LogP contribution is -1.88. The number of fused-ring (bicyclic) bond motifs is 1. The van der Waals surface area contributed by atoms with Gasteiger partial charge in [-0.15, -0.1) is 0 Å². The summed E-state index contributed by atoms with van der Waals surface area (Å²) in [6.07, 6.45) is 4.25. The largest absolute Gasteiger partial charge is 0.350 e. The highest BCUT2D eigenvalue weighted by atomic mass is 35.5. The van der Waals surface area contributed by atoms with Crippen molar-refractivity contribution in [1.29, 1.82) is 0 Å². The summed E-state index contributed by atoms with van der Waals surface area (Å²) in [5.41, 5.74) is 5.28. The zero-order valence-electron chi connectivity index (χ0n) is 11.9. The quantitative estimate of drug-likeness (QED) is 0.638. The summed E-state index contributed by atoms with van der Waals surface area (Å²) in [7, 11) is 2.07. The van der Waals surface area contributed by atoms with Crippen molar-refractivity contribution in [2.24, 2.45) is 7.05 Å². The van der Waals surface area contributed by atoms with Crippen molar-refractivity contribution >= 4 is 22.5 Å². The minimum absolute atomic E-state index is 0.789. The van der Waals surface area contributed by atoms with E-state index in [4.69, 9.17) is 11.6 Å². The second-order valence-corrected chi connectivity index (χ2v) is 5.71. The molecule has 102 valence electrons. The molecule has 20 heavy (non-hydrogen) atoms. The molecule has 0 spiro atoms. The van der Waals surface area contributed by atoms with Crippen LogP contribution in [0.25, 0.3) is 10.9 Å².